The summed E-state index contributed by atoms with van der Waals surface area (Å²) < 4.78 is 5.16. The van der Waals surface area contributed by atoms with Crippen molar-refractivity contribution in [2.75, 3.05) is 19.5 Å². The van der Waals surface area contributed by atoms with E-state index in [1.807, 2.05) is 31.3 Å². The van der Waals surface area contributed by atoms with E-state index in [2.05, 4.69) is 5.32 Å². The maximum atomic E-state index is 9.86. The first-order chi connectivity index (χ1) is 9.13. The molecule has 0 spiro atoms. The lowest BCUT2D eigenvalue weighted by Crippen LogP contribution is -1.93. The minimum Gasteiger partial charge on any atom is -0.508 e. The smallest absolute Gasteiger partial charge is 0.119 e. The van der Waals surface area contributed by atoms with Crippen LogP contribution < -0.4 is 10.1 Å². The van der Waals surface area contributed by atoms with Crippen LogP contribution in [0, 0.1) is 0 Å². The van der Waals surface area contributed by atoms with Gasteiger partial charge in [-0.2, -0.15) is 0 Å². The Bertz CT molecular complexity index is 584. The molecular formula is C15H16ClNO2. The molecule has 0 atom stereocenters. The number of benzene rings is 2. The number of hydrogen-bond donors (Lipinski definition) is 2. The number of methoxy groups -OCH3 is 1. The molecule has 3 nitrogen and oxygen atoms in total. The van der Waals surface area contributed by atoms with Crippen LogP contribution in [0.25, 0.3) is 0 Å². The fourth-order valence-electron chi connectivity index (χ4n) is 1.92. The maximum absolute atomic E-state index is 9.86. The first kappa shape index (κ1) is 13.6. The highest BCUT2D eigenvalue weighted by atomic mass is 35.5. The van der Waals surface area contributed by atoms with Crippen molar-refractivity contribution in [3.63, 3.8) is 0 Å². The Morgan fingerprint density at radius 3 is 2.63 bits per heavy atom. The standard InChI is InChI=1S/C15H16ClNO2/c1-17-14-5-3-10(8-13(14)16)7-11-9-12(19-2)4-6-15(11)18/h3-6,8-9,17-18H,7H2,1-2H3. The van der Waals surface area contributed by atoms with Crippen LogP contribution in [0.2, 0.25) is 5.02 Å². The van der Waals surface area contributed by atoms with Gasteiger partial charge in [-0.1, -0.05) is 17.7 Å². The first-order valence-electron chi connectivity index (χ1n) is 5.96. The second-order valence-electron chi connectivity index (χ2n) is 4.24. The summed E-state index contributed by atoms with van der Waals surface area (Å²) in [6.07, 6.45) is 0.604. The number of aromatic hydroxyl groups is 1. The van der Waals surface area contributed by atoms with Crippen LogP contribution in [-0.4, -0.2) is 19.3 Å². The molecule has 0 radical (unpaired) electrons. The van der Waals surface area contributed by atoms with E-state index < -0.39 is 0 Å². The van der Waals surface area contributed by atoms with Gasteiger partial charge in [0.15, 0.2) is 0 Å². The molecule has 0 saturated carbocycles. The summed E-state index contributed by atoms with van der Waals surface area (Å²) in [5, 5.41) is 13.5. The number of nitrogens with one attached hydrogen (secondary N) is 1. The molecule has 2 aromatic carbocycles. The number of phenolic OH excluding ortho intramolecular Hbond substituents is 1. The summed E-state index contributed by atoms with van der Waals surface area (Å²) in [5.74, 6) is 0.986. The molecule has 4 heteroatoms. The van der Waals surface area contributed by atoms with Crippen molar-refractivity contribution < 1.29 is 9.84 Å². The van der Waals surface area contributed by atoms with Crippen LogP contribution in [0.3, 0.4) is 0 Å². The van der Waals surface area contributed by atoms with E-state index in [0.29, 0.717) is 11.4 Å². The van der Waals surface area contributed by atoms with Gasteiger partial charge in [0.25, 0.3) is 0 Å². The van der Waals surface area contributed by atoms with Crippen molar-refractivity contribution >= 4 is 17.3 Å². The second kappa shape index (κ2) is 5.85. The summed E-state index contributed by atoms with van der Waals surface area (Å²) in [7, 11) is 3.43. The number of rotatable bonds is 4. The number of hydrogen-bond acceptors (Lipinski definition) is 3. The molecule has 0 aliphatic carbocycles. The molecule has 0 aromatic heterocycles. The van der Waals surface area contributed by atoms with Gasteiger partial charge in [0.1, 0.15) is 11.5 Å². The van der Waals surface area contributed by atoms with E-state index in [-0.39, 0.29) is 5.75 Å². The largest absolute Gasteiger partial charge is 0.508 e. The Morgan fingerprint density at radius 2 is 2.00 bits per heavy atom. The van der Waals surface area contributed by atoms with E-state index in [1.54, 1.807) is 19.2 Å². The molecule has 0 aliphatic rings. The topological polar surface area (TPSA) is 41.5 Å². The fourth-order valence-corrected chi connectivity index (χ4v) is 2.22. The van der Waals surface area contributed by atoms with Crippen molar-refractivity contribution in [3.05, 3.63) is 52.5 Å². The minimum absolute atomic E-state index is 0.259. The predicted molar refractivity (Wildman–Crippen MR) is 78.5 cm³/mol. The van der Waals surface area contributed by atoms with Crippen molar-refractivity contribution in [3.8, 4) is 11.5 Å². The summed E-state index contributed by atoms with van der Waals surface area (Å²) in [6, 6.07) is 11.0. The Balaban J connectivity index is 2.28. The highest BCUT2D eigenvalue weighted by Gasteiger charge is 2.06. The molecule has 19 heavy (non-hydrogen) atoms. The Kier molecular flexibility index (Phi) is 4.17. The average molecular weight is 278 g/mol. The third-order valence-corrected chi connectivity index (χ3v) is 3.30. The first-order valence-corrected chi connectivity index (χ1v) is 6.34. The average Bonchev–Trinajstić information content (AvgIpc) is 2.41. The number of anilines is 1. The van der Waals surface area contributed by atoms with Gasteiger partial charge in [-0.05, 0) is 35.9 Å². The lowest BCUT2D eigenvalue weighted by atomic mass is 10.0. The Labute approximate surface area is 117 Å². The maximum Gasteiger partial charge on any atom is 0.119 e. The van der Waals surface area contributed by atoms with Crippen molar-refractivity contribution in [2.24, 2.45) is 0 Å². The lowest BCUT2D eigenvalue weighted by Gasteiger charge is -2.09. The third kappa shape index (κ3) is 3.12. The van der Waals surface area contributed by atoms with E-state index in [9.17, 15) is 5.11 Å². The van der Waals surface area contributed by atoms with Gasteiger partial charge >= 0.3 is 0 Å². The predicted octanol–water partition coefficient (Wildman–Crippen LogP) is 3.69. The molecule has 0 saturated heterocycles. The molecule has 100 valence electrons. The molecular weight excluding hydrogens is 262 g/mol. The summed E-state index contributed by atoms with van der Waals surface area (Å²) >= 11 is 6.14. The zero-order chi connectivity index (χ0) is 13.8. The molecule has 0 amide bonds. The summed E-state index contributed by atoms with van der Waals surface area (Å²) in [5.41, 5.74) is 2.74. The Morgan fingerprint density at radius 1 is 1.21 bits per heavy atom. The van der Waals surface area contributed by atoms with Crippen LogP contribution >= 0.6 is 11.6 Å². The Hall–Kier alpha value is -1.87. The number of phenols is 1. The van der Waals surface area contributed by atoms with E-state index >= 15 is 0 Å². The van der Waals surface area contributed by atoms with Crippen molar-refractivity contribution in [1.29, 1.82) is 0 Å². The van der Waals surface area contributed by atoms with Gasteiger partial charge in [0, 0.05) is 19.0 Å². The molecule has 0 heterocycles. The number of ether oxygens (including phenoxy) is 1. The van der Waals surface area contributed by atoms with Gasteiger partial charge in [-0.25, -0.2) is 0 Å². The quantitative estimate of drug-likeness (QED) is 0.896. The molecule has 2 rings (SSSR count). The van der Waals surface area contributed by atoms with Crippen LogP contribution in [0.1, 0.15) is 11.1 Å². The zero-order valence-corrected chi connectivity index (χ0v) is 11.7. The van der Waals surface area contributed by atoms with Crippen LogP contribution in [0.4, 0.5) is 5.69 Å². The van der Waals surface area contributed by atoms with Crippen molar-refractivity contribution in [2.45, 2.75) is 6.42 Å². The molecule has 0 fully saturated rings. The fraction of sp³-hybridized carbons (Fsp3) is 0.200. The van der Waals surface area contributed by atoms with E-state index in [0.717, 1.165) is 22.6 Å². The second-order valence-corrected chi connectivity index (χ2v) is 4.64. The molecule has 2 aromatic rings. The van der Waals surface area contributed by atoms with Crippen molar-refractivity contribution in [1.82, 2.24) is 0 Å². The normalized spacial score (nSPS) is 10.3. The van der Waals surface area contributed by atoms with Crippen LogP contribution in [0.5, 0.6) is 11.5 Å². The molecule has 0 bridgehead atoms. The van der Waals surface area contributed by atoms with E-state index in [1.165, 1.54) is 0 Å². The molecule has 2 N–H and O–H groups in total. The summed E-state index contributed by atoms with van der Waals surface area (Å²) in [6.45, 7) is 0. The lowest BCUT2D eigenvalue weighted by molar-refractivity contribution is 0.411. The van der Waals surface area contributed by atoms with Crippen LogP contribution in [-0.2, 0) is 6.42 Å². The SMILES string of the molecule is CNc1ccc(Cc2cc(OC)ccc2O)cc1Cl. The molecule has 0 aliphatic heterocycles. The van der Waals surface area contributed by atoms with Gasteiger partial charge in [-0.15, -0.1) is 0 Å². The molecule has 0 unspecified atom stereocenters. The monoisotopic (exact) mass is 277 g/mol. The van der Waals surface area contributed by atoms with Gasteiger partial charge in [0.05, 0.1) is 17.8 Å². The highest BCUT2D eigenvalue weighted by Crippen LogP contribution is 2.28. The van der Waals surface area contributed by atoms with Gasteiger partial charge < -0.3 is 15.2 Å². The highest BCUT2D eigenvalue weighted by molar-refractivity contribution is 6.33. The minimum atomic E-state index is 0.259. The summed E-state index contributed by atoms with van der Waals surface area (Å²) in [4.78, 5) is 0. The zero-order valence-electron chi connectivity index (χ0n) is 10.9. The van der Waals surface area contributed by atoms with Crippen LogP contribution in [0.15, 0.2) is 36.4 Å². The van der Waals surface area contributed by atoms with Gasteiger partial charge in [-0.3, -0.25) is 0 Å². The third-order valence-electron chi connectivity index (χ3n) is 2.98. The van der Waals surface area contributed by atoms with Gasteiger partial charge in [0.2, 0.25) is 0 Å². The number of halogens is 1. The van der Waals surface area contributed by atoms with E-state index in [4.69, 9.17) is 16.3 Å².